The van der Waals surface area contributed by atoms with Gasteiger partial charge in [-0.1, -0.05) is 0 Å². The third-order valence-electron chi connectivity index (χ3n) is 4.53. The van der Waals surface area contributed by atoms with Crippen molar-refractivity contribution in [3.05, 3.63) is 23.9 Å². The molecular weight excluding hydrogens is 266 g/mol. The maximum atomic E-state index is 12.6. The zero-order valence-corrected chi connectivity index (χ0v) is 12.6. The Morgan fingerprint density at radius 2 is 2.05 bits per heavy atom. The lowest BCUT2D eigenvalue weighted by atomic mass is 10.0. The van der Waals surface area contributed by atoms with Gasteiger partial charge in [-0.25, -0.2) is 4.98 Å². The van der Waals surface area contributed by atoms with Crippen LogP contribution in [0.1, 0.15) is 36.0 Å². The van der Waals surface area contributed by atoms with Crippen molar-refractivity contribution in [2.45, 2.75) is 31.7 Å². The topological polar surface area (TPSA) is 45.7 Å². The van der Waals surface area contributed by atoms with E-state index >= 15 is 0 Å². The van der Waals surface area contributed by atoms with E-state index in [2.05, 4.69) is 9.88 Å². The molecule has 114 valence electrons. The minimum Gasteiger partial charge on any atom is -0.481 e. The molecule has 0 spiro atoms. The van der Waals surface area contributed by atoms with Crippen LogP contribution in [0.4, 0.5) is 0 Å². The highest BCUT2D eigenvalue weighted by Gasteiger charge is 2.29. The van der Waals surface area contributed by atoms with Crippen LogP contribution in [0.5, 0.6) is 5.88 Å². The summed E-state index contributed by atoms with van der Waals surface area (Å²) < 4.78 is 5.04. The molecule has 5 nitrogen and oxygen atoms in total. The predicted molar refractivity (Wildman–Crippen MR) is 80.5 cm³/mol. The summed E-state index contributed by atoms with van der Waals surface area (Å²) in [5, 5.41) is 0. The lowest BCUT2D eigenvalue weighted by Gasteiger charge is -2.37. The van der Waals surface area contributed by atoms with Gasteiger partial charge >= 0.3 is 0 Å². The van der Waals surface area contributed by atoms with Gasteiger partial charge in [0.1, 0.15) is 0 Å². The fraction of sp³-hybridized carbons (Fsp3) is 0.625. The first-order chi connectivity index (χ1) is 10.3. The van der Waals surface area contributed by atoms with Crippen molar-refractivity contribution in [2.24, 2.45) is 0 Å². The molecule has 1 unspecified atom stereocenters. The molecule has 1 aromatic heterocycles. The van der Waals surface area contributed by atoms with Gasteiger partial charge in [-0.15, -0.1) is 0 Å². The first kappa shape index (κ1) is 14.3. The molecule has 2 fully saturated rings. The summed E-state index contributed by atoms with van der Waals surface area (Å²) in [6.45, 7) is 4.09. The molecule has 0 radical (unpaired) electrons. The van der Waals surface area contributed by atoms with E-state index in [1.807, 2.05) is 4.90 Å². The highest BCUT2D eigenvalue weighted by atomic mass is 16.5. The summed E-state index contributed by atoms with van der Waals surface area (Å²) in [5.74, 6) is 0.634. The molecule has 21 heavy (non-hydrogen) atoms. The van der Waals surface area contributed by atoms with Crippen molar-refractivity contribution in [1.82, 2.24) is 14.8 Å². The molecule has 0 N–H and O–H groups in total. The number of likely N-dealkylation sites (tertiary alicyclic amines) is 2. The van der Waals surface area contributed by atoms with Crippen LogP contribution in [0.15, 0.2) is 18.3 Å². The minimum absolute atomic E-state index is 0.0917. The van der Waals surface area contributed by atoms with E-state index in [0.717, 1.165) is 19.5 Å². The molecule has 0 saturated carbocycles. The number of piperidine rings is 1. The molecule has 2 aliphatic rings. The van der Waals surface area contributed by atoms with Gasteiger partial charge in [-0.2, -0.15) is 0 Å². The largest absolute Gasteiger partial charge is 0.481 e. The van der Waals surface area contributed by atoms with Crippen LogP contribution >= 0.6 is 0 Å². The number of aromatic nitrogens is 1. The van der Waals surface area contributed by atoms with Crippen LogP contribution in [-0.4, -0.2) is 60.0 Å². The minimum atomic E-state index is 0.0917. The number of carbonyl (C=O) groups excluding carboxylic acids is 1. The Morgan fingerprint density at radius 1 is 1.24 bits per heavy atom. The van der Waals surface area contributed by atoms with Crippen molar-refractivity contribution in [3.8, 4) is 5.88 Å². The molecule has 3 rings (SSSR count). The van der Waals surface area contributed by atoms with Gasteiger partial charge in [0.05, 0.1) is 12.7 Å². The summed E-state index contributed by atoms with van der Waals surface area (Å²) in [4.78, 5) is 21.2. The van der Waals surface area contributed by atoms with Crippen molar-refractivity contribution in [2.75, 3.05) is 33.3 Å². The van der Waals surface area contributed by atoms with Crippen LogP contribution in [0.2, 0.25) is 0 Å². The SMILES string of the molecule is COc1ccc(C(=O)N2CCCC(N3CCCC3)C2)cn1. The summed E-state index contributed by atoms with van der Waals surface area (Å²) >= 11 is 0. The lowest BCUT2D eigenvalue weighted by Crippen LogP contribution is -2.49. The average molecular weight is 289 g/mol. The van der Waals surface area contributed by atoms with Crippen molar-refractivity contribution in [1.29, 1.82) is 0 Å². The van der Waals surface area contributed by atoms with E-state index in [1.165, 1.54) is 32.4 Å². The maximum Gasteiger partial charge on any atom is 0.255 e. The number of nitrogens with zero attached hydrogens (tertiary/aromatic N) is 3. The molecule has 2 aliphatic heterocycles. The summed E-state index contributed by atoms with van der Waals surface area (Å²) in [5.41, 5.74) is 0.651. The zero-order valence-electron chi connectivity index (χ0n) is 12.6. The van der Waals surface area contributed by atoms with Gasteiger partial charge in [-0.05, 0) is 44.8 Å². The molecule has 1 aromatic rings. The number of ether oxygens (including phenoxy) is 1. The van der Waals surface area contributed by atoms with Crippen molar-refractivity contribution < 1.29 is 9.53 Å². The monoisotopic (exact) mass is 289 g/mol. The molecule has 1 atom stereocenters. The van der Waals surface area contributed by atoms with Gasteiger partial charge in [-0.3, -0.25) is 9.69 Å². The average Bonchev–Trinajstić information content (AvgIpc) is 3.09. The fourth-order valence-corrected chi connectivity index (χ4v) is 3.35. The first-order valence-electron chi connectivity index (χ1n) is 7.81. The first-order valence-corrected chi connectivity index (χ1v) is 7.81. The van der Waals surface area contributed by atoms with Crippen LogP contribution in [0, 0.1) is 0 Å². The van der Waals surface area contributed by atoms with Crippen molar-refractivity contribution >= 4 is 5.91 Å². The van der Waals surface area contributed by atoms with Crippen molar-refractivity contribution in [3.63, 3.8) is 0 Å². The number of amides is 1. The summed E-state index contributed by atoms with van der Waals surface area (Å²) in [6.07, 6.45) is 6.52. The normalized spacial score (nSPS) is 23.3. The lowest BCUT2D eigenvalue weighted by molar-refractivity contribution is 0.0607. The standard InChI is InChI=1S/C16H23N3O2/c1-21-15-7-6-13(11-17-15)16(20)19-10-4-5-14(12-19)18-8-2-3-9-18/h6-7,11,14H,2-5,8-10,12H2,1H3. The second kappa shape index (κ2) is 6.43. The van der Waals surface area contributed by atoms with Gasteiger partial charge in [0, 0.05) is 31.4 Å². The van der Waals surface area contributed by atoms with E-state index in [1.54, 1.807) is 25.4 Å². The smallest absolute Gasteiger partial charge is 0.255 e. The van der Waals surface area contributed by atoms with Crippen LogP contribution in [0.25, 0.3) is 0 Å². The summed E-state index contributed by atoms with van der Waals surface area (Å²) in [6, 6.07) is 4.08. The molecule has 2 saturated heterocycles. The molecule has 0 aromatic carbocycles. The number of rotatable bonds is 3. The Balaban J connectivity index is 1.65. The molecule has 5 heteroatoms. The van der Waals surface area contributed by atoms with E-state index in [9.17, 15) is 4.79 Å². The Kier molecular flexibility index (Phi) is 4.39. The zero-order chi connectivity index (χ0) is 14.7. The van der Waals surface area contributed by atoms with E-state index < -0.39 is 0 Å². The Labute approximate surface area is 125 Å². The van der Waals surface area contributed by atoms with Gasteiger partial charge in [0.25, 0.3) is 5.91 Å². The Morgan fingerprint density at radius 3 is 2.71 bits per heavy atom. The second-order valence-corrected chi connectivity index (χ2v) is 5.88. The third kappa shape index (κ3) is 3.18. The molecule has 1 amide bonds. The maximum absolute atomic E-state index is 12.6. The highest BCUT2D eigenvalue weighted by Crippen LogP contribution is 2.21. The van der Waals surface area contributed by atoms with Crippen LogP contribution in [0.3, 0.4) is 0 Å². The molecule has 0 aliphatic carbocycles. The van der Waals surface area contributed by atoms with Crippen LogP contribution < -0.4 is 4.74 Å². The number of pyridine rings is 1. The van der Waals surface area contributed by atoms with E-state index in [4.69, 9.17) is 4.74 Å². The number of hydrogen-bond donors (Lipinski definition) is 0. The van der Waals surface area contributed by atoms with E-state index in [0.29, 0.717) is 17.5 Å². The molecule has 0 bridgehead atoms. The quantitative estimate of drug-likeness (QED) is 0.851. The highest BCUT2D eigenvalue weighted by molar-refractivity contribution is 5.94. The third-order valence-corrected chi connectivity index (χ3v) is 4.53. The van der Waals surface area contributed by atoms with Crippen LogP contribution in [-0.2, 0) is 0 Å². The van der Waals surface area contributed by atoms with E-state index in [-0.39, 0.29) is 5.91 Å². The van der Waals surface area contributed by atoms with Gasteiger partial charge in [0.15, 0.2) is 0 Å². The Hall–Kier alpha value is -1.62. The predicted octanol–water partition coefficient (Wildman–Crippen LogP) is 1.79. The Bertz CT molecular complexity index is 483. The second-order valence-electron chi connectivity index (χ2n) is 5.88. The summed E-state index contributed by atoms with van der Waals surface area (Å²) in [7, 11) is 1.58. The molecular formula is C16H23N3O2. The number of carbonyl (C=O) groups is 1. The number of hydrogen-bond acceptors (Lipinski definition) is 4. The molecule has 3 heterocycles. The van der Waals surface area contributed by atoms with Gasteiger partial charge in [0.2, 0.25) is 5.88 Å². The fourth-order valence-electron chi connectivity index (χ4n) is 3.35. The van der Waals surface area contributed by atoms with Gasteiger partial charge < -0.3 is 9.64 Å². The number of methoxy groups -OCH3 is 1.